The second kappa shape index (κ2) is 15.8. The lowest BCUT2D eigenvalue weighted by Crippen LogP contribution is -2.52. The van der Waals surface area contributed by atoms with Crippen LogP contribution in [0.15, 0.2) is 114 Å². The molecule has 1 aliphatic rings. The van der Waals surface area contributed by atoms with Gasteiger partial charge in [-0.1, -0.05) is 66.7 Å². The number of nitrogens with zero attached hydrogens (tertiary/aromatic N) is 1. The van der Waals surface area contributed by atoms with E-state index < -0.39 is 11.6 Å². The smallest absolute Gasteiger partial charge is 0.266 e. The van der Waals surface area contributed by atoms with Gasteiger partial charge < -0.3 is 19.3 Å². The number of rotatable bonds is 15. The number of aliphatic hydroxyl groups is 1. The fraction of sp³-hybridized carbons (Fsp3) is 0.243. The fourth-order valence-electron chi connectivity index (χ4n) is 5.21. The number of aliphatic imine (C=N–C) groups is 1. The summed E-state index contributed by atoms with van der Waals surface area (Å²) in [6, 6.07) is 30.9. The number of amides is 1. The zero-order valence-electron chi connectivity index (χ0n) is 25.7. The molecule has 0 saturated carbocycles. The lowest BCUT2D eigenvalue weighted by Gasteiger charge is -2.30. The average Bonchev–Trinajstić information content (AvgIpc) is 3.48. The first-order chi connectivity index (χ1) is 22.5. The number of hydrazine groups is 1. The van der Waals surface area contributed by atoms with E-state index in [2.05, 4.69) is 10.9 Å². The van der Waals surface area contributed by atoms with Gasteiger partial charge in [-0.15, -0.1) is 0 Å². The molecule has 0 aliphatic carbocycles. The Morgan fingerprint density at radius 3 is 2.57 bits per heavy atom. The minimum absolute atomic E-state index is 0.0525. The van der Waals surface area contributed by atoms with Crippen LogP contribution in [0.25, 0.3) is 6.08 Å². The van der Waals surface area contributed by atoms with Crippen LogP contribution in [0.5, 0.6) is 11.5 Å². The van der Waals surface area contributed by atoms with Crippen LogP contribution < -0.4 is 20.3 Å². The Morgan fingerprint density at radius 1 is 1.00 bits per heavy atom. The van der Waals surface area contributed by atoms with E-state index in [0.717, 1.165) is 16.7 Å². The van der Waals surface area contributed by atoms with Crippen LogP contribution in [-0.2, 0) is 16.0 Å². The van der Waals surface area contributed by atoms with Crippen molar-refractivity contribution in [2.45, 2.75) is 30.9 Å². The number of carbonyl (C=O) groups is 1. The Kier molecular flexibility index (Phi) is 11.2. The molecule has 0 unspecified atom stereocenters. The Hall–Kier alpha value is -4.99. The van der Waals surface area contributed by atoms with E-state index in [9.17, 15) is 9.18 Å². The highest BCUT2D eigenvalue weighted by Crippen LogP contribution is 2.43. The zero-order chi connectivity index (χ0) is 32.2. The summed E-state index contributed by atoms with van der Waals surface area (Å²) in [5.74, 6) is 0.911. The highest BCUT2D eigenvalue weighted by atomic mass is 19.1. The molecule has 0 bridgehead atoms. The summed E-state index contributed by atoms with van der Waals surface area (Å²) in [5.41, 5.74) is 7.69. The number of hydrogen-bond acceptors (Lipinski definition) is 7. The average molecular weight is 624 g/mol. The predicted octanol–water partition coefficient (Wildman–Crippen LogP) is 5.82. The number of ether oxygens (including phenoxy) is 3. The van der Waals surface area contributed by atoms with Gasteiger partial charge in [-0.05, 0) is 71.6 Å². The van der Waals surface area contributed by atoms with Crippen LogP contribution in [0.4, 0.5) is 4.39 Å². The van der Waals surface area contributed by atoms with Crippen LogP contribution >= 0.6 is 0 Å². The van der Waals surface area contributed by atoms with Gasteiger partial charge in [-0.2, -0.15) is 0 Å². The number of halogens is 1. The molecule has 0 fully saturated rings. The number of benzene rings is 4. The first-order valence-electron chi connectivity index (χ1n) is 15.2. The van der Waals surface area contributed by atoms with Crippen LogP contribution in [-0.4, -0.2) is 49.3 Å². The lowest BCUT2D eigenvalue weighted by atomic mass is 9.84. The second-order valence-electron chi connectivity index (χ2n) is 10.8. The summed E-state index contributed by atoms with van der Waals surface area (Å²) >= 11 is 0. The number of hydrogen-bond donors (Lipinski definition) is 3. The molecule has 3 N–H and O–H groups in total. The summed E-state index contributed by atoms with van der Waals surface area (Å²) in [6.07, 6.45) is 4.38. The summed E-state index contributed by atoms with van der Waals surface area (Å²) in [6.45, 7) is 0.829. The monoisotopic (exact) mass is 623 g/mol. The van der Waals surface area contributed by atoms with Crippen LogP contribution in [0.1, 0.15) is 41.2 Å². The molecule has 5 rings (SSSR count). The van der Waals surface area contributed by atoms with Crippen LogP contribution in [0, 0.1) is 5.82 Å². The number of carbonyl (C=O) groups excluding carboxylic acids is 1. The van der Waals surface area contributed by atoms with Gasteiger partial charge >= 0.3 is 0 Å². The molecule has 2 atom stereocenters. The second-order valence-corrected chi connectivity index (χ2v) is 10.8. The maximum Gasteiger partial charge on any atom is 0.266 e. The molecule has 1 amide bonds. The van der Waals surface area contributed by atoms with Gasteiger partial charge in [0.1, 0.15) is 17.3 Å². The van der Waals surface area contributed by atoms with Gasteiger partial charge in [0.2, 0.25) is 5.90 Å². The molecule has 0 spiro atoms. The van der Waals surface area contributed by atoms with E-state index in [1.165, 1.54) is 12.1 Å². The van der Waals surface area contributed by atoms with Gasteiger partial charge in [-0.3, -0.25) is 10.2 Å². The topological polar surface area (TPSA) is 101 Å². The Labute approximate surface area is 268 Å². The molecule has 1 aliphatic heterocycles. The van der Waals surface area contributed by atoms with Gasteiger partial charge in [0.25, 0.3) is 5.91 Å². The Bertz CT molecular complexity index is 1640. The molecule has 9 heteroatoms. The van der Waals surface area contributed by atoms with Crippen molar-refractivity contribution in [3.05, 3.63) is 137 Å². The largest absolute Gasteiger partial charge is 0.497 e. The van der Waals surface area contributed by atoms with E-state index in [-0.39, 0.29) is 24.8 Å². The Morgan fingerprint density at radius 2 is 1.80 bits per heavy atom. The quantitative estimate of drug-likeness (QED) is 0.114. The summed E-state index contributed by atoms with van der Waals surface area (Å²) < 4.78 is 31.4. The van der Waals surface area contributed by atoms with Crippen LogP contribution in [0.2, 0.25) is 0 Å². The van der Waals surface area contributed by atoms with Gasteiger partial charge in [0.15, 0.2) is 11.6 Å². The van der Waals surface area contributed by atoms with E-state index >= 15 is 0 Å². The highest BCUT2D eigenvalue weighted by molar-refractivity contribution is 6.01. The first kappa shape index (κ1) is 32.4. The molecule has 0 radical (unpaired) electrons. The lowest BCUT2D eigenvalue weighted by molar-refractivity contribution is -0.129. The first-order valence-corrected chi connectivity index (χ1v) is 15.2. The SMILES string of the molecule is COc1cccc([C@@H]2OC(c3ccc(OCCCO)cc3)=N[C@]2(C/C=C/c2ccccc2)C(=O)NNCCc2cccc(F)c2)c1. The van der Waals surface area contributed by atoms with Crippen molar-refractivity contribution in [3.8, 4) is 11.5 Å². The van der Waals surface area contributed by atoms with Crippen molar-refractivity contribution in [1.29, 1.82) is 0 Å². The molecule has 1 heterocycles. The van der Waals surface area contributed by atoms with E-state index in [0.29, 0.717) is 49.0 Å². The van der Waals surface area contributed by atoms with Crippen molar-refractivity contribution in [2.75, 3.05) is 26.9 Å². The zero-order valence-corrected chi connectivity index (χ0v) is 25.7. The standard InChI is InChI=1S/C37H38FN3O5/c1-44-33-15-6-13-30(26-33)34-37(21-7-12-27-9-3-2-4-10-27,36(43)41-39-22-20-28-11-5-14-31(38)25-28)40-35(46-34)29-16-18-32(19-17-29)45-24-8-23-42/h2-7,9-19,25-26,34,39,42H,8,20-24H2,1H3,(H,41,43)/b12-7+/t34-,37-/m0/s1. The Balaban J connectivity index is 1.47. The molecule has 4 aromatic rings. The van der Waals surface area contributed by atoms with Gasteiger partial charge in [-0.25, -0.2) is 14.8 Å². The third-order valence-corrected chi connectivity index (χ3v) is 7.60. The third kappa shape index (κ3) is 8.18. The predicted molar refractivity (Wildman–Crippen MR) is 176 cm³/mol. The van der Waals surface area contributed by atoms with Crippen molar-refractivity contribution in [2.24, 2.45) is 4.99 Å². The van der Waals surface area contributed by atoms with Gasteiger partial charge in [0, 0.05) is 31.6 Å². The maximum absolute atomic E-state index is 14.3. The minimum atomic E-state index is -1.39. The minimum Gasteiger partial charge on any atom is -0.497 e. The van der Waals surface area contributed by atoms with Crippen molar-refractivity contribution >= 4 is 17.9 Å². The van der Waals surface area contributed by atoms with E-state index in [1.807, 2.05) is 97.1 Å². The molecule has 0 aromatic heterocycles. The van der Waals surface area contributed by atoms with Crippen molar-refractivity contribution in [3.63, 3.8) is 0 Å². The maximum atomic E-state index is 14.3. The van der Waals surface area contributed by atoms with Crippen LogP contribution in [0.3, 0.4) is 0 Å². The molecule has 46 heavy (non-hydrogen) atoms. The molecular formula is C37H38FN3O5. The summed E-state index contributed by atoms with van der Waals surface area (Å²) in [4.78, 5) is 19.3. The fourth-order valence-corrected chi connectivity index (χ4v) is 5.21. The molecule has 4 aromatic carbocycles. The molecule has 238 valence electrons. The molecule has 8 nitrogen and oxygen atoms in total. The summed E-state index contributed by atoms with van der Waals surface area (Å²) in [5, 5.41) is 9.06. The van der Waals surface area contributed by atoms with Gasteiger partial charge in [0.05, 0.1) is 13.7 Å². The summed E-state index contributed by atoms with van der Waals surface area (Å²) in [7, 11) is 1.59. The van der Waals surface area contributed by atoms with E-state index in [4.69, 9.17) is 24.3 Å². The van der Waals surface area contributed by atoms with Crippen molar-refractivity contribution in [1.82, 2.24) is 10.9 Å². The number of methoxy groups -OCH3 is 1. The van der Waals surface area contributed by atoms with Crippen molar-refractivity contribution < 1.29 is 28.5 Å². The molecule has 0 saturated heterocycles. The highest BCUT2D eigenvalue weighted by Gasteiger charge is 2.52. The number of nitrogens with one attached hydrogen (secondary N) is 2. The third-order valence-electron chi connectivity index (χ3n) is 7.60. The molecular weight excluding hydrogens is 585 g/mol. The van der Waals surface area contributed by atoms with E-state index in [1.54, 1.807) is 13.2 Å². The number of aliphatic hydroxyl groups excluding tert-OH is 1. The normalized spacial score (nSPS) is 17.4.